The number of anilines is 2. The first kappa shape index (κ1) is 21.1. The molecule has 3 heterocycles. The zero-order valence-electron chi connectivity index (χ0n) is 17.4. The summed E-state index contributed by atoms with van der Waals surface area (Å²) in [4.78, 5) is 18.6. The van der Waals surface area contributed by atoms with Crippen LogP contribution in [0.3, 0.4) is 0 Å². The molecule has 0 fully saturated rings. The standard InChI is InChI=1S/C21H22N6O2S2/c1-4-27-19(18-17(22)13-6-5-9-23-20(13)31-18)25-26-21(27)30-11-16(28)24-14-10-12(2)7-8-15(14)29-3/h5-10H,4,11,22H2,1-3H3,(H,24,28). The number of methoxy groups -OCH3 is 1. The van der Waals surface area contributed by atoms with E-state index in [1.807, 2.05) is 48.7 Å². The van der Waals surface area contributed by atoms with Crippen molar-refractivity contribution in [3.05, 3.63) is 42.1 Å². The molecule has 10 heteroatoms. The molecule has 0 aliphatic heterocycles. The SMILES string of the molecule is CCn1c(SCC(=O)Nc2cc(C)ccc2OC)nnc1-c1sc2ncccc2c1N. The highest BCUT2D eigenvalue weighted by Gasteiger charge is 2.20. The number of nitrogens with zero attached hydrogens (tertiary/aromatic N) is 4. The average molecular weight is 455 g/mol. The Kier molecular flexibility index (Phi) is 6.10. The van der Waals surface area contributed by atoms with Crippen LogP contribution in [-0.2, 0) is 11.3 Å². The van der Waals surface area contributed by atoms with Crippen LogP contribution < -0.4 is 15.8 Å². The average Bonchev–Trinajstić information content (AvgIpc) is 3.33. The zero-order valence-corrected chi connectivity index (χ0v) is 19.0. The van der Waals surface area contributed by atoms with Gasteiger partial charge in [0.2, 0.25) is 5.91 Å². The van der Waals surface area contributed by atoms with E-state index in [2.05, 4.69) is 20.5 Å². The van der Waals surface area contributed by atoms with Crippen LogP contribution in [0.2, 0.25) is 0 Å². The van der Waals surface area contributed by atoms with Crippen molar-refractivity contribution in [2.75, 3.05) is 23.9 Å². The Morgan fingerprint density at radius 2 is 2.16 bits per heavy atom. The summed E-state index contributed by atoms with van der Waals surface area (Å²) in [5.41, 5.74) is 8.69. The van der Waals surface area contributed by atoms with Gasteiger partial charge in [-0.25, -0.2) is 4.98 Å². The highest BCUT2D eigenvalue weighted by molar-refractivity contribution is 7.99. The maximum atomic E-state index is 12.5. The van der Waals surface area contributed by atoms with Gasteiger partial charge in [0, 0.05) is 18.1 Å². The molecule has 0 unspecified atom stereocenters. The second kappa shape index (κ2) is 8.94. The van der Waals surface area contributed by atoms with E-state index in [9.17, 15) is 4.79 Å². The molecule has 0 bridgehead atoms. The third kappa shape index (κ3) is 4.21. The number of aryl methyl sites for hydroxylation is 1. The van der Waals surface area contributed by atoms with Gasteiger partial charge in [-0.15, -0.1) is 21.5 Å². The van der Waals surface area contributed by atoms with Gasteiger partial charge in [-0.2, -0.15) is 0 Å². The molecule has 0 aliphatic rings. The van der Waals surface area contributed by atoms with Gasteiger partial charge < -0.3 is 20.4 Å². The number of rotatable bonds is 7. The fraction of sp³-hybridized carbons (Fsp3) is 0.238. The van der Waals surface area contributed by atoms with Crippen LogP contribution in [0.4, 0.5) is 11.4 Å². The minimum Gasteiger partial charge on any atom is -0.495 e. The summed E-state index contributed by atoms with van der Waals surface area (Å²) in [6, 6.07) is 9.46. The highest BCUT2D eigenvalue weighted by atomic mass is 32.2. The van der Waals surface area contributed by atoms with Crippen LogP contribution in [0.5, 0.6) is 5.75 Å². The molecule has 1 amide bonds. The molecule has 0 aliphatic carbocycles. The lowest BCUT2D eigenvalue weighted by Crippen LogP contribution is -2.15. The molecule has 0 spiro atoms. The topological polar surface area (TPSA) is 108 Å². The Labute approximate surface area is 187 Å². The smallest absolute Gasteiger partial charge is 0.234 e. The van der Waals surface area contributed by atoms with Crippen LogP contribution in [0, 0.1) is 6.92 Å². The fourth-order valence-corrected chi connectivity index (χ4v) is 5.06. The van der Waals surface area contributed by atoms with E-state index in [4.69, 9.17) is 10.5 Å². The van der Waals surface area contributed by atoms with Crippen molar-refractivity contribution in [2.45, 2.75) is 25.5 Å². The predicted molar refractivity (Wildman–Crippen MR) is 126 cm³/mol. The number of carbonyl (C=O) groups excluding carboxylic acids is 1. The van der Waals surface area contributed by atoms with Crippen LogP contribution in [0.15, 0.2) is 41.7 Å². The number of benzene rings is 1. The maximum absolute atomic E-state index is 12.5. The summed E-state index contributed by atoms with van der Waals surface area (Å²) >= 11 is 2.82. The first-order chi connectivity index (χ1) is 15.0. The lowest BCUT2D eigenvalue weighted by atomic mass is 10.2. The van der Waals surface area contributed by atoms with Crippen LogP contribution in [0.25, 0.3) is 20.9 Å². The van der Waals surface area contributed by atoms with Gasteiger partial charge >= 0.3 is 0 Å². The monoisotopic (exact) mass is 454 g/mol. The van der Waals surface area contributed by atoms with E-state index in [0.29, 0.717) is 34.6 Å². The summed E-state index contributed by atoms with van der Waals surface area (Å²) in [5.74, 6) is 1.35. The van der Waals surface area contributed by atoms with Gasteiger partial charge in [-0.05, 0) is 43.7 Å². The summed E-state index contributed by atoms with van der Waals surface area (Å²) in [7, 11) is 1.58. The molecule has 31 heavy (non-hydrogen) atoms. The number of hydrogen-bond acceptors (Lipinski definition) is 8. The van der Waals surface area contributed by atoms with Gasteiger partial charge in [0.05, 0.1) is 29.1 Å². The number of thiophene rings is 1. The maximum Gasteiger partial charge on any atom is 0.234 e. The molecule has 3 N–H and O–H groups in total. The third-order valence-corrected chi connectivity index (χ3v) is 6.79. The first-order valence-corrected chi connectivity index (χ1v) is 11.5. The van der Waals surface area contributed by atoms with Gasteiger partial charge in [-0.3, -0.25) is 4.79 Å². The van der Waals surface area contributed by atoms with Crippen molar-refractivity contribution in [1.29, 1.82) is 0 Å². The Morgan fingerprint density at radius 3 is 2.90 bits per heavy atom. The Balaban J connectivity index is 1.52. The molecule has 0 atom stereocenters. The first-order valence-electron chi connectivity index (χ1n) is 9.65. The fourth-order valence-electron chi connectivity index (χ4n) is 3.20. The number of ether oxygens (including phenoxy) is 1. The van der Waals surface area contributed by atoms with E-state index >= 15 is 0 Å². The van der Waals surface area contributed by atoms with Crippen molar-refractivity contribution >= 4 is 50.6 Å². The molecule has 1 aromatic carbocycles. The van der Waals surface area contributed by atoms with Crippen molar-refractivity contribution in [3.63, 3.8) is 0 Å². The molecular weight excluding hydrogens is 432 g/mol. The molecule has 8 nitrogen and oxygen atoms in total. The Bertz CT molecular complexity index is 1250. The normalized spacial score (nSPS) is 11.1. The minimum atomic E-state index is -0.147. The van der Waals surface area contributed by atoms with Crippen molar-refractivity contribution in [1.82, 2.24) is 19.7 Å². The molecule has 0 saturated carbocycles. The largest absolute Gasteiger partial charge is 0.495 e. The van der Waals surface area contributed by atoms with Gasteiger partial charge in [0.15, 0.2) is 11.0 Å². The number of aromatic nitrogens is 4. The zero-order chi connectivity index (χ0) is 22.0. The van der Waals surface area contributed by atoms with Crippen LogP contribution >= 0.6 is 23.1 Å². The van der Waals surface area contributed by atoms with Gasteiger partial charge in [0.25, 0.3) is 0 Å². The van der Waals surface area contributed by atoms with Gasteiger partial charge in [0.1, 0.15) is 10.6 Å². The lowest BCUT2D eigenvalue weighted by Gasteiger charge is -2.11. The minimum absolute atomic E-state index is 0.147. The quantitative estimate of drug-likeness (QED) is 0.403. The number of thioether (sulfide) groups is 1. The number of nitrogens with one attached hydrogen (secondary N) is 1. The van der Waals surface area contributed by atoms with Crippen LogP contribution in [0.1, 0.15) is 12.5 Å². The summed E-state index contributed by atoms with van der Waals surface area (Å²) in [6.07, 6.45) is 1.75. The van der Waals surface area contributed by atoms with E-state index in [1.165, 1.54) is 23.1 Å². The Hall–Kier alpha value is -3.11. The van der Waals surface area contributed by atoms with Crippen molar-refractivity contribution < 1.29 is 9.53 Å². The number of hydrogen-bond donors (Lipinski definition) is 2. The molecule has 0 saturated heterocycles. The van der Waals surface area contributed by atoms with E-state index in [1.54, 1.807) is 13.3 Å². The molecule has 0 radical (unpaired) electrons. The lowest BCUT2D eigenvalue weighted by molar-refractivity contribution is -0.113. The van der Waals surface area contributed by atoms with E-state index < -0.39 is 0 Å². The number of amides is 1. The number of fused-ring (bicyclic) bond motifs is 1. The summed E-state index contributed by atoms with van der Waals surface area (Å²) < 4.78 is 7.29. The number of carbonyl (C=O) groups is 1. The van der Waals surface area contributed by atoms with Crippen molar-refractivity contribution in [2.24, 2.45) is 0 Å². The summed E-state index contributed by atoms with van der Waals surface area (Å²) in [5, 5.41) is 13.1. The number of pyridine rings is 1. The molecule has 4 rings (SSSR count). The molecule has 3 aromatic heterocycles. The van der Waals surface area contributed by atoms with E-state index in [-0.39, 0.29) is 11.7 Å². The highest BCUT2D eigenvalue weighted by Crippen LogP contribution is 2.39. The summed E-state index contributed by atoms with van der Waals surface area (Å²) in [6.45, 7) is 4.62. The second-order valence-electron chi connectivity index (χ2n) is 6.79. The Morgan fingerprint density at radius 1 is 1.32 bits per heavy atom. The van der Waals surface area contributed by atoms with Gasteiger partial charge in [-0.1, -0.05) is 17.8 Å². The number of nitrogen functional groups attached to an aromatic ring is 1. The molecule has 160 valence electrons. The number of nitrogens with two attached hydrogens (primary N) is 1. The third-order valence-electron chi connectivity index (χ3n) is 4.70. The predicted octanol–water partition coefficient (Wildman–Crippen LogP) is 4.20. The van der Waals surface area contributed by atoms with Crippen LogP contribution in [-0.4, -0.2) is 38.5 Å². The molecule has 4 aromatic rings. The van der Waals surface area contributed by atoms with Crippen molar-refractivity contribution in [3.8, 4) is 16.5 Å². The van der Waals surface area contributed by atoms with E-state index in [0.717, 1.165) is 20.7 Å². The second-order valence-corrected chi connectivity index (χ2v) is 8.73. The molecular formula is C21H22N6O2S2.